The second-order valence-corrected chi connectivity index (χ2v) is 4.99. The van der Waals surface area contributed by atoms with Gasteiger partial charge >= 0.3 is 11.9 Å². The first-order valence-corrected chi connectivity index (χ1v) is 6.44. The van der Waals surface area contributed by atoms with Crippen LogP contribution < -0.4 is 4.74 Å². The molecule has 0 saturated carbocycles. The molecule has 0 amide bonds. The predicted molar refractivity (Wildman–Crippen MR) is 75.6 cm³/mol. The van der Waals surface area contributed by atoms with Gasteiger partial charge in [0.15, 0.2) is 5.92 Å². The summed E-state index contributed by atoms with van der Waals surface area (Å²) in [5, 5.41) is 8.90. The molecule has 1 fully saturated rings. The molecule has 0 unspecified atom stereocenters. The summed E-state index contributed by atoms with van der Waals surface area (Å²) in [6.45, 7) is 2.95. The van der Waals surface area contributed by atoms with Gasteiger partial charge in [-0.15, -0.1) is 0 Å². The van der Waals surface area contributed by atoms with Crippen molar-refractivity contribution < 1.29 is 23.8 Å². The average molecular weight is 302 g/mol. The van der Waals surface area contributed by atoms with E-state index in [0.717, 1.165) is 6.21 Å². The zero-order valence-electron chi connectivity index (χ0n) is 12.3. The van der Waals surface area contributed by atoms with E-state index < -0.39 is 23.6 Å². The Morgan fingerprint density at radius 3 is 2.50 bits per heavy atom. The number of rotatable bonds is 3. The first-order chi connectivity index (χ1) is 10.4. The number of ether oxygens (including phenoxy) is 3. The maximum absolute atomic E-state index is 11.8. The Bertz CT molecular complexity index is 668. The number of methoxy groups -OCH3 is 1. The van der Waals surface area contributed by atoms with E-state index in [0.29, 0.717) is 17.0 Å². The molecule has 0 radical (unpaired) electrons. The summed E-state index contributed by atoms with van der Waals surface area (Å²) in [6, 6.07) is 6.61. The average Bonchev–Trinajstić information content (AvgIpc) is 2.44. The monoisotopic (exact) mass is 302 g/mol. The van der Waals surface area contributed by atoms with Gasteiger partial charge in [0.1, 0.15) is 11.8 Å². The maximum Gasteiger partial charge on any atom is 0.329 e. The molecule has 0 aliphatic carbocycles. The smallest absolute Gasteiger partial charge is 0.329 e. The summed E-state index contributed by atoms with van der Waals surface area (Å²) in [5.74, 6) is -3.56. The van der Waals surface area contributed by atoms with E-state index in [2.05, 4.69) is 4.99 Å². The van der Waals surface area contributed by atoms with E-state index in [4.69, 9.17) is 19.5 Å². The van der Waals surface area contributed by atoms with Crippen molar-refractivity contribution in [2.45, 2.75) is 19.6 Å². The molecule has 0 aromatic heterocycles. The Morgan fingerprint density at radius 1 is 1.32 bits per heavy atom. The van der Waals surface area contributed by atoms with Crippen LogP contribution >= 0.6 is 0 Å². The third-order valence-electron chi connectivity index (χ3n) is 2.88. The number of cyclic esters (lactones) is 2. The summed E-state index contributed by atoms with van der Waals surface area (Å²) in [5.41, 5.74) is 0.793. The summed E-state index contributed by atoms with van der Waals surface area (Å²) in [4.78, 5) is 27.6. The Kier molecular flexibility index (Phi) is 4.13. The number of benzene rings is 1. The highest BCUT2D eigenvalue weighted by Gasteiger charge is 2.42. The van der Waals surface area contributed by atoms with Crippen LogP contribution in [0.25, 0.3) is 0 Å². The molecule has 2 rings (SSSR count). The second kappa shape index (κ2) is 5.85. The Balaban J connectivity index is 2.20. The fourth-order valence-electron chi connectivity index (χ4n) is 1.86. The highest BCUT2D eigenvalue weighted by molar-refractivity contribution is 6.10. The highest BCUT2D eigenvalue weighted by atomic mass is 16.7. The van der Waals surface area contributed by atoms with Crippen molar-refractivity contribution in [3.8, 4) is 11.8 Å². The van der Waals surface area contributed by atoms with E-state index in [1.165, 1.54) is 33.1 Å². The van der Waals surface area contributed by atoms with Gasteiger partial charge in [0, 0.05) is 26.1 Å². The Morgan fingerprint density at radius 2 is 1.95 bits per heavy atom. The van der Waals surface area contributed by atoms with Gasteiger partial charge in [0.2, 0.25) is 0 Å². The lowest BCUT2D eigenvalue weighted by Gasteiger charge is -2.31. The van der Waals surface area contributed by atoms with Crippen LogP contribution in [-0.4, -0.2) is 31.1 Å². The van der Waals surface area contributed by atoms with Crippen molar-refractivity contribution in [2.24, 2.45) is 10.9 Å². The van der Waals surface area contributed by atoms with Crippen LogP contribution in [0, 0.1) is 17.2 Å². The summed E-state index contributed by atoms with van der Waals surface area (Å²) in [6.07, 6.45) is 1.15. The van der Waals surface area contributed by atoms with Crippen molar-refractivity contribution in [1.82, 2.24) is 0 Å². The van der Waals surface area contributed by atoms with Gasteiger partial charge in [-0.1, -0.05) is 0 Å². The number of hydrogen-bond acceptors (Lipinski definition) is 7. The minimum atomic E-state index is -1.27. The van der Waals surface area contributed by atoms with E-state index in [1.807, 2.05) is 6.07 Å². The van der Waals surface area contributed by atoms with Gasteiger partial charge < -0.3 is 14.2 Å². The lowest BCUT2D eigenvalue weighted by molar-refractivity contribution is -0.235. The van der Waals surface area contributed by atoms with E-state index >= 15 is 0 Å². The minimum Gasteiger partial charge on any atom is -0.495 e. The molecule has 1 heterocycles. The number of carbonyl (C=O) groups excluding carboxylic acids is 2. The SMILES string of the molecule is COc1cc(N=CC2C(=O)OC(C)(C)OC2=O)ccc1C#N. The van der Waals surface area contributed by atoms with E-state index in [1.54, 1.807) is 6.07 Å². The molecule has 1 aromatic rings. The van der Waals surface area contributed by atoms with Gasteiger partial charge in [-0.25, -0.2) is 0 Å². The van der Waals surface area contributed by atoms with Gasteiger partial charge in [0.25, 0.3) is 5.79 Å². The first-order valence-electron chi connectivity index (χ1n) is 6.44. The van der Waals surface area contributed by atoms with Crippen LogP contribution in [0.15, 0.2) is 23.2 Å². The number of nitrogens with zero attached hydrogens (tertiary/aromatic N) is 2. The largest absolute Gasteiger partial charge is 0.495 e. The van der Waals surface area contributed by atoms with Gasteiger partial charge in [0.05, 0.1) is 18.4 Å². The molecule has 0 atom stereocenters. The zero-order valence-corrected chi connectivity index (χ0v) is 12.3. The number of esters is 2. The van der Waals surface area contributed by atoms with Crippen LogP contribution in [0.2, 0.25) is 0 Å². The van der Waals surface area contributed by atoms with Crippen LogP contribution in [-0.2, 0) is 19.1 Å². The third-order valence-corrected chi connectivity index (χ3v) is 2.88. The quantitative estimate of drug-likeness (QED) is 0.479. The van der Waals surface area contributed by atoms with Crippen molar-refractivity contribution in [1.29, 1.82) is 5.26 Å². The summed E-state index contributed by atoms with van der Waals surface area (Å²) >= 11 is 0. The van der Waals surface area contributed by atoms with Crippen LogP contribution in [0.4, 0.5) is 5.69 Å². The van der Waals surface area contributed by atoms with Crippen molar-refractivity contribution in [3.05, 3.63) is 23.8 Å². The van der Waals surface area contributed by atoms with Gasteiger partial charge in [-0.05, 0) is 12.1 Å². The first kappa shape index (κ1) is 15.5. The fraction of sp³-hybridized carbons (Fsp3) is 0.333. The molecule has 0 bridgehead atoms. The lowest BCUT2D eigenvalue weighted by Crippen LogP contribution is -2.46. The van der Waals surface area contributed by atoms with Crippen molar-refractivity contribution in [3.63, 3.8) is 0 Å². The summed E-state index contributed by atoms with van der Waals surface area (Å²) in [7, 11) is 1.43. The van der Waals surface area contributed by atoms with Crippen molar-refractivity contribution in [2.75, 3.05) is 7.11 Å². The predicted octanol–water partition coefficient (Wildman–Crippen LogP) is 1.72. The van der Waals surface area contributed by atoms with E-state index in [-0.39, 0.29) is 0 Å². The van der Waals surface area contributed by atoms with E-state index in [9.17, 15) is 9.59 Å². The lowest BCUT2D eigenvalue weighted by atomic mass is 10.1. The molecular weight excluding hydrogens is 288 g/mol. The number of hydrogen-bond donors (Lipinski definition) is 0. The van der Waals surface area contributed by atoms with Gasteiger partial charge in [-0.3, -0.25) is 14.6 Å². The molecule has 1 saturated heterocycles. The standard InChI is InChI=1S/C15H14N2O5/c1-15(2)21-13(18)11(14(19)22-15)8-17-10-5-4-9(7-16)12(6-10)20-3/h4-6,8,11H,1-3H3. The fourth-order valence-corrected chi connectivity index (χ4v) is 1.86. The molecule has 0 spiro atoms. The molecule has 1 aliphatic heterocycles. The van der Waals surface area contributed by atoms with Crippen LogP contribution in [0.1, 0.15) is 19.4 Å². The molecule has 1 aliphatic rings. The second-order valence-electron chi connectivity index (χ2n) is 4.99. The van der Waals surface area contributed by atoms with Gasteiger partial charge in [-0.2, -0.15) is 5.26 Å². The van der Waals surface area contributed by atoms with Crippen LogP contribution in [0.3, 0.4) is 0 Å². The maximum atomic E-state index is 11.8. The molecule has 114 valence electrons. The number of nitriles is 1. The molecule has 7 heteroatoms. The molecular formula is C15H14N2O5. The summed E-state index contributed by atoms with van der Waals surface area (Å²) < 4.78 is 15.0. The molecule has 0 N–H and O–H groups in total. The zero-order chi connectivity index (χ0) is 16.3. The normalized spacial score (nSPS) is 17.7. The Labute approximate surface area is 127 Å². The third kappa shape index (κ3) is 3.23. The van der Waals surface area contributed by atoms with Crippen LogP contribution in [0.5, 0.6) is 5.75 Å². The molecule has 22 heavy (non-hydrogen) atoms. The number of carbonyl (C=O) groups is 2. The minimum absolute atomic E-state index is 0.354. The topological polar surface area (TPSA) is 98.0 Å². The Hall–Kier alpha value is -2.88. The number of aliphatic imine (C=N–C) groups is 1. The highest BCUT2D eigenvalue weighted by Crippen LogP contribution is 2.26. The van der Waals surface area contributed by atoms with Crippen molar-refractivity contribution >= 4 is 23.8 Å². The molecule has 1 aromatic carbocycles. The molecule has 7 nitrogen and oxygen atoms in total.